The second-order valence-corrected chi connectivity index (χ2v) is 6.15. The largest absolute Gasteiger partial charge is 0.323 e. The maximum absolute atomic E-state index is 6.37. The lowest BCUT2D eigenvalue weighted by molar-refractivity contribution is 0.0478. The predicted molar refractivity (Wildman–Crippen MR) is 70.8 cm³/mol. The fourth-order valence-corrected chi connectivity index (χ4v) is 3.23. The average molecular weight is 230 g/mol. The number of aryl methyl sites for hydroxylation is 2. The van der Waals surface area contributed by atoms with Gasteiger partial charge in [0.1, 0.15) is 0 Å². The molecular formula is C15H22N2. The molecule has 0 radical (unpaired) electrons. The molecule has 1 aliphatic heterocycles. The minimum Gasteiger partial charge on any atom is -0.323 e. The van der Waals surface area contributed by atoms with Crippen LogP contribution in [0.25, 0.3) is 0 Å². The van der Waals surface area contributed by atoms with Gasteiger partial charge in [0.25, 0.3) is 0 Å². The van der Waals surface area contributed by atoms with Crippen LogP contribution < -0.4 is 5.73 Å². The molecule has 0 amide bonds. The molecule has 0 atom stereocenters. The smallest absolute Gasteiger partial charge is 0.0441 e. The quantitative estimate of drug-likeness (QED) is 0.862. The molecule has 17 heavy (non-hydrogen) atoms. The Labute approximate surface area is 104 Å². The molecule has 2 heteroatoms. The van der Waals surface area contributed by atoms with Crippen LogP contribution in [-0.2, 0) is 6.54 Å². The summed E-state index contributed by atoms with van der Waals surface area (Å²) >= 11 is 0. The maximum Gasteiger partial charge on any atom is 0.0441 e. The number of hydrogen-bond acceptors (Lipinski definition) is 2. The van der Waals surface area contributed by atoms with E-state index in [1.54, 1.807) is 0 Å². The number of benzene rings is 1. The minimum atomic E-state index is 0.152. The van der Waals surface area contributed by atoms with Crippen LogP contribution in [0, 0.1) is 19.8 Å². The zero-order chi connectivity index (χ0) is 12.0. The molecule has 0 aromatic heterocycles. The van der Waals surface area contributed by atoms with Crippen molar-refractivity contribution in [3.63, 3.8) is 0 Å². The predicted octanol–water partition coefficient (Wildman–Crippen LogP) is 2.23. The van der Waals surface area contributed by atoms with Crippen LogP contribution in [0.2, 0.25) is 0 Å². The second-order valence-electron chi connectivity index (χ2n) is 6.15. The van der Waals surface area contributed by atoms with E-state index in [2.05, 4.69) is 36.9 Å². The van der Waals surface area contributed by atoms with Gasteiger partial charge in [0, 0.05) is 25.2 Å². The first-order chi connectivity index (χ1) is 8.05. The first kappa shape index (κ1) is 11.2. The van der Waals surface area contributed by atoms with Gasteiger partial charge in [-0.25, -0.2) is 0 Å². The Morgan fingerprint density at radius 2 is 1.76 bits per heavy atom. The Hall–Kier alpha value is -0.860. The zero-order valence-electron chi connectivity index (χ0n) is 10.9. The van der Waals surface area contributed by atoms with Crippen LogP contribution in [0.3, 0.4) is 0 Å². The molecule has 92 valence electrons. The summed E-state index contributed by atoms with van der Waals surface area (Å²) in [5.74, 6) is 0.818. The Kier molecular flexibility index (Phi) is 2.53. The minimum absolute atomic E-state index is 0.152. The van der Waals surface area contributed by atoms with Crippen molar-refractivity contribution in [1.82, 2.24) is 4.90 Å². The van der Waals surface area contributed by atoms with Crippen LogP contribution in [0.15, 0.2) is 18.2 Å². The standard InChI is InChI=1S/C15H22N2/c1-11-5-12(2)7-13(6-11)8-17-9-15(16,10-17)14-3-4-14/h5-7,14H,3-4,8-10,16H2,1-2H3. The number of likely N-dealkylation sites (tertiary alicyclic amines) is 1. The highest BCUT2D eigenvalue weighted by Gasteiger charge is 2.49. The van der Waals surface area contributed by atoms with Gasteiger partial charge in [-0.2, -0.15) is 0 Å². The molecule has 2 N–H and O–H groups in total. The summed E-state index contributed by atoms with van der Waals surface area (Å²) < 4.78 is 0. The Balaban J connectivity index is 1.61. The van der Waals surface area contributed by atoms with Crippen LogP contribution >= 0.6 is 0 Å². The van der Waals surface area contributed by atoms with E-state index in [0.29, 0.717) is 0 Å². The van der Waals surface area contributed by atoms with E-state index < -0.39 is 0 Å². The van der Waals surface area contributed by atoms with E-state index in [-0.39, 0.29) is 5.54 Å². The first-order valence-corrected chi connectivity index (χ1v) is 6.64. The highest BCUT2D eigenvalue weighted by molar-refractivity contribution is 5.29. The molecule has 0 unspecified atom stereocenters. The van der Waals surface area contributed by atoms with Crippen molar-refractivity contribution < 1.29 is 0 Å². The Morgan fingerprint density at radius 1 is 1.18 bits per heavy atom. The lowest BCUT2D eigenvalue weighted by atomic mass is 9.85. The Bertz CT molecular complexity index is 408. The van der Waals surface area contributed by atoms with Crippen molar-refractivity contribution in [2.75, 3.05) is 13.1 Å². The molecule has 2 nitrogen and oxygen atoms in total. The summed E-state index contributed by atoms with van der Waals surface area (Å²) in [5, 5.41) is 0. The number of rotatable bonds is 3. The van der Waals surface area contributed by atoms with E-state index in [4.69, 9.17) is 5.73 Å². The average Bonchev–Trinajstić information content (AvgIpc) is 2.95. The van der Waals surface area contributed by atoms with Crippen LogP contribution in [0.4, 0.5) is 0 Å². The fourth-order valence-electron chi connectivity index (χ4n) is 3.23. The highest BCUT2D eigenvalue weighted by Crippen LogP contribution is 2.43. The topological polar surface area (TPSA) is 29.3 Å². The van der Waals surface area contributed by atoms with Gasteiger partial charge in [-0.3, -0.25) is 4.90 Å². The molecular weight excluding hydrogens is 208 g/mol. The third-order valence-electron chi connectivity index (χ3n) is 4.11. The normalized spacial score (nSPS) is 23.5. The molecule has 1 aromatic rings. The summed E-state index contributed by atoms with van der Waals surface area (Å²) in [6, 6.07) is 6.82. The lowest BCUT2D eigenvalue weighted by Gasteiger charge is -2.48. The van der Waals surface area contributed by atoms with Gasteiger partial charge in [-0.15, -0.1) is 0 Å². The fraction of sp³-hybridized carbons (Fsp3) is 0.600. The molecule has 1 heterocycles. The third-order valence-corrected chi connectivity index (χ3v) is 4.11. The number of nitrogens with two attached hydrogens (primary N) is 1. The monoisotopic (exact) mass is 230 g/mol. The van der Waals surface area contributed by atoms with Gasteiger partial charge in [-0.05, 0) is 38.2 Å². The molecule has 3 rings (SSSR count). The maximum atomic E-state index is 6.37. The van der Waals surface area contributed by atoms with E-state index in [0.717, 1.165) is 25.6 Å². The van der Waals surface area contributed by atoms with Gasteiger partial charge >= 0.3 is 0 Å². The lowest BCUT2D eigenvalue weighted by Crippen LogP contribution is -2.68. The highest BCUT2D eigenvalue weighted by atomic mass is 15.3. The third kappa shape index (κ3) is 2.24. The number of nitrogens with zero attached hydrogens (tertiary/aromatic N) is 1. The molecule has 1 aromatic carbocycles. The SMILES string of the molecule is Cc1cc(C)cc(CN2CC(N)(C3CC3)C2)c1. The van der Waals surface area contributed by atoms with Crippen LogP contribution in [-0.4, -0.2) is 23.5 Å². The molecule has 1 saturated heterocycles. The van der Waals surface area contributed by atoms with E-state index in [1.807, 2.05) is 0 Å². The summed E-state index contributed by atoms with van der Waals surface area (Å²) in [6.07, 6.45) is 2.71. The van der Waals surface area contributed by atoms with Crippen LogP contribution in [0.5, 0.6) is 0 Å². The summed E-state index contributed by atoms with van der Waals surface area (Å²) in [4.78, 5) is 2.48. The zero-order valence-corrected chi connectivity index (χ0v) is 10.9. The van der Waals surface area contributed by atoms with Gasteiger partial charge in [-0.1, -0.05) is 29.3 Å². The summed E-state index contributed by atoms with van der Waals surface area (Å²) in [7, 11) is 0. The van der Waals surface area contributed by atoms with Crippen molar-refractivity contribution in [3.8, 4) is 0 Å². The van der Waals surface area contributed by atoms with Crippen molar-refractivity contribution in [2.45, 2.75) is 38.8 Å². The molecule has 1 saturated carbocycles. The first-order valence-electron chi connectivity index (χ1n) is 6.64. The van der Waals surface area contributed by atoms with Gasteiger partial charge < -0.3 is 5.73 Å². The van der Waals surface area contributed by atoms with Crippen molar-refractivity contribution in [2.24, 2.45) is 11.7 Å². The number of hydrogen-bond donors (Lipinski definition) is 1. The molecule has 0 spiro atoms. The second kappa shape index (κ2) is 3.82. The van der Waals surface area contributed by atoms with Crippen molar-refractivity contribution >= 4 is 0 Å². The van der Waals surface area contributed by atoms with Crippen LogP contribution in [0.1, 0.15) is 29.5 Å². The summed E-state index contributed by atoms with van der Waals surface area (Å²) in [5.41, 5.74) is 10.7. The molecule has 2 aliphatic rings. The molecule has 0 bridgehead atoms. The molecule has 1 aliphatic carbocycles. The summed E-state index contributed by atoms with van der Waals surface area (Å²) in [6.45, 7) is 7.58. The van der Waals surface area contributed by atoms with E-state index in [1.165, 1.54) is 29.5 Å². The Morgan fingerprint density at radius 3 is 2.29 bits per heavy atom. The molecule has 2 fully saturated rings. The van der Waals surface area contributed by atoms with E-state index >= 15 is 0 Å². The van der Waals surface area contributed by atoms with Gasteiger partial charge in [0.05, 0.1) is 0 Å². The van der Waals surface area contributed by atoms with E-state index in [9.17, 15) is 0 Å². The van der Waals surface area contributed by atoms with Crippen molar-refractivity contribution in [1.29, 1.82) is 0 Å². The van der Waals surface area contributed by atoms with Gasteiger partial charge in [0.15, 0.2) is 0 Å². The van der Waals surface area contributed by atoms with Crippen molar-refractivity contribution in [3.05, 3.63) is 34.9 Å². The van der Waals surface area contributed by atoms with Gasteiger partial charge in [0.2, 0.25) is 0 Å².